The molecule has 0 fully saturated rings. The van der Waals surface area contributed by atoms with Crippen LogP contribution in [0.25, 0.3) is 11.0 Å². The summed E-state index contributed by atoms with van der Waals surface area (Å²) in [5.41, 5.74) is 3.85. The van der Waals surface area contributed by atoms with Crippen LogP contribution >= 0.6 is 15.9 Å². The lowest BCUT2D eigenvalue weighted by Crippen LogP contribution is -2.36. The van der Waals surface area contributed by atoms with E-state index in [9.17, 15) is 4.79 Å². The van der Waals surface area contributed by atoms with Crippen molar-refractivity contribution in [3.63, 3.8) is 0 Å². The molecule has 1 amide bonds. The number of ether oxygens (including phenoxy) is 2. The zero-order valence-electron chi connectivity index (χ0n) is 15.5. The maximum Gasteiger partial charge on any atom is 0.290 e. The van der Waals surface area contributed by atoms with Crippen LogP contribution in [0, 0.1) is 6.92 Å². The number of carbonyl (C=O) groups is 1. The van der Waals surface area contributed by atoms with Crippen LogP contribution in [-0.2, 0) is 13.0 Å². The minimum Gasteiger partial charge on any atom is -0.493 e. The summed E-state index contributed by atoms with van der Waals surface area (Å²) in [5, 5.41) is 0.955. The highest BCUT2D eigenvalue weighted by atomic mass is 79.9. The molecule has 2 aromatic carbocycles. The summed E-state index contributed by atoms with van der Waals surface area (Å²) in [6.45, 7) is 3.09. The first kappa shape index (κ1) is 17.9. The van der Waals surface area contributed by atoms with Crippen LogP contribution in [0.4, 0.5) is 0 Å². The molecule has 4 rings (SSSR count). The van der Waals surface area contributed by atoms with Gasteiger partial charge in [-0.15, -0.1) is 0 Å². The second-order valence-corrected chi connectivity index (χ2v) is 7.56. The van der Waals surface area contributed by atoms with Gasteiger partial charge in [0.2, 0.25) is 0 Å². The van der Waals surface area contributed by atoms with Crippen LogP contribution in [0.2, 0.25) is 0 Å². The monoisotopic (exact) mass is 429 g/mol. The summed E-state index contributed by atoms with van der Waals surface area (Å²) in [7, 11) is 3.25. The van der Waals surface area contributed by atoms with Gasteiger partial charge in [-0.2, -0.15) is 0 Å². The van der Waals surface area contributed by atoms with Gasteiger partial charge in [-0.25, -0.2) is 0 Å². The minimum absolute atomic E-state index is 0.0831. The molecule has 0 unspecified atom stereocenters. The number of hydrogen-bond donors (Lipinski definition) is 0. The molecule has 3 aromatic rings. The normalized spacial score (nSPS) is 13.6. The summed E-state index contributed by atoms with van der Waals surface area (Å²) in [6.07, 6.45) is 0.770. The van der Waals surface area contributed by atoms with E-state index >= 15 is 0 Å². The Morgan fingerprint density at radius 1 is 1.11 bits per heavy atom. The van der Waals surface area contributed by atoms with E-state index < -0.39 is 0 Å². The highest BCUT2D eigenvalue weighted by Gasteiger charge is 2.27. The summed E-state index contributed by atoms with van der Waals surface area (Å²) in [6, 6.07) is 9.73. The first-order valence-corrected chi connectivity index (χ1v) is 9.53. The number of nitrogens with zero attached hydrogens (tertiary/aromatic N) is 1. The molecule has 0 bridgehead atoms. The number of halogens is 1. The quantitative estimate of drug-likeness (QED) is 0.604. The lowest BCUT2D eigenvalue weighted by atomic mass is 9.98. The van der Waals surface area contributed by atoms with E-state index in [-0.39, 0.29) is 5.91 Å². The predicted octanol–water partition coefficient (Wildman–Crippen LogP) is 4.72. The molecule has 0 aliphatic carbocycles. The Kier molecular flexibility index (Phi) is 4.60. The van der Waals surface area contributed by atoms with Gasteiger partial charge in [-0.05, 0) is 54.8 Å². The largest absolute Gasteiger partial charge is 0.493 e. The van der Waals surface area contributed by atoms with Crippen LogP contribution in [-0.4, -0.2) is 31.6 Å². The highest BCUT2D eigenvalue weighted by Crippen LogP contribution is 2.34. The van der Waals surface area contributed by atoms with E-state index in [4.69, 9.17) is 13.9 Å². The molecular weight excluding hydrogens is 410 g/mol. The molecule has 1 aliphatic heterocycles. The topological polar surface area (TPSA) is 51.9 Å². The van der Waals surface area contributed by atoms with Gasteiger partial charge in [-0.1, -0.05) is 15.9 Å². The van der Waals surface area contributed by atoms with E-state index in [0.29, 0.717) is 24.6 Å². The fraction of sp³-hybridized carbons (Fsp3) is 0.286. The van der Waals surface area contributed by atoms with Crippen molar-refractivity contribution in [2.24, 2.45) is 0 Å². The second-order valence-electron chi connectivity index (χ2n) is 6.65. The van der Waals surface area contributed by atoms with Crippen LogP contribution in [0.15, 0.2) is 39.2 Å². The van der Waals surface area contributed by atoms with Crippen molar-refractivity contribution in [1.29, 1.82) is 0 Å². The predicted molar refractivity (Wildman–Crippen MR) is 107 cm³/mol. The third-order valence-corrected chi connectivity index (χ3v) is 5.59. The van der Waals surface area contributed by atoms with Crippen molar-refractivity contribution in [3.05, 3.63) is 57.3 Å². The van der Waals surface area contributed by atoms with Gasteiger partial charge in [0.1, 0.15) is 5.58 Å². The number of rotatable bonds is 3. The zero-order valence-corrected chi connectivity index (χ0v) is 17.1. The van der Waals surface area contributed by atoms with Gasteiger partial charge < -0.3 is 18.8 Å². The molecule has 0 saturated heterocycles. The van der Waals surface area contributed by atoms with Crippen molar-refractivity contribution in [2.45, 2.75) is 19.9 Å². The lowest BCUT2D eigenvalue weighted by molar-refractivity contribution is 0.0703. The molecule has 5 nitrogen and oxygen atoms in total. The fourth-order valence-corrected chi connectivity index (χ4v) is 3.96. The molecule has 1 aliphatic rings. The van der Waals surface area contributed by atoms with Crippen LogP contribution in [0.1, 0.15) is 27.2 Å². The number of aryl methyl sites for hydroxylation is 1. The number of fused-ring (bicyclic) bond motifs is 2. The number of benzene rings is 2. The first-order valence-electron chi connectivity index (χ1n) is 8.73. The van der Waals surface area contributed by atoms with Crippen molar-refractivity contribution < 1.29 is 18.7 Å². The summed E-state index contributed by atoms with van der Waals surface area (Å²) in [4.78, 5) is 15.0. The highest BCUT2D eigenvalue weighted by molar-refractivity contribution is 9.10. The number of methoxy groups -OCH3 is 2. The van der Waals surface area contributed by atoms with E-state index in [0.717, 1.165) is 38.7 Å². The smallest absolute Gasteiger partial charge is 0.290 e. The maximum absolute atomic E-state index is 13.1. The third-order valence-electron chi connectivity index (χ3n) is 5.10. The lowest BCUT2D eigenvalue weighted by Gasteiger charge is -2.29. The molecule has 0 spiro atoms. The third kappa shape index (κ3) is 3.08. The molecule has 140 valence electrons. The molecule has 27 heavy (non-hydrogen) atoms. The molecular formula is C21H20BrNO4. The molecule has 0 radical (unpaired) electrons. The summed E-state index contributed by atoms with van der Waals surface area (Å²) >= 11 is 3.47. The Bertz CT molecular complexity index is 1040. The Morgan fingerprint density at radius 2 is 1.81 bits per heavy atom. The first-order chi connectivity index (χ1) is 13.0. The van der Waals surface area contributed by atoms with E-state index in [1.165, 1.54) is 5.56 Å². The Morgan fingerprint density at radius 3 is 2.52 bits per heavy atom. The SMILES string of the molecule is COc1cc2c(cc1OC)CN(C(=O)c1oc3ccc(Br)cc3c1C)CC2. The Hall–Kier alpha value is -2.47. The average Bonchev–Trinajstić information content (AvgIpc) is 3.01. The molecule has 1 aromatic heterocycles. The second kappa shape index (κ2) is 6.93. The van der Waals surface area contributed by atoms with Crippen LogP contribution in [0.5, 0.6) is 11.5 Å². The Balaban J connectivity index is 1.66. The number of hydrogen-bond acceptors (Lipinski definition) is 4. The van der Waals surface area contributed by atoms with E-state index in [1.807, 2.05) is 42.2 Å². The standard InChI is InChI=1S/C21H20BrNO4/c1-12-16-10-15(22)4-5-17(16)27-20(12)21(24)23-7-6-13-8-18(25-2)19(26-3)9-14(13)11-23/h4-5,8-10H,6-7,11H2,1-3H3. The van der Waals surface area contributed by atoms with Gasteiger partial charge in [0.05, 0.1) is 14.2 Å². The number of amides is 1. The average molecular weight is 430 g/mol. The van der Waals surface area contributed by atoms with Crippen molar-refractivity contribution in [1.82, 2.24) is 4.90 Å². The van der Waals surface area contributed by atoms with E-state index in [1.54, 1.807) is 14.2 Å². The van der Waals surface area contributed by atoms with Crippen molar-refractivity contribution in [2.75, 3.05) is 20.8 Å². The molecule has 6 heteroatoms. The molecule has 0 atom stereocenters. The van der Waals surface area contributed by atoms with Gasteiger partial charge in [0.25, 0.3) is 5.91 Å². The summed E-state index contributed by atoms with van der Waals surface area (Å²) in [5.74, 6) is 1.72. The fourth-order valence-electron chi connectivity index (χ4n) is 3.60. The van der Waals surface area contributed by atoms with Gasteiger partial charge >= 0.3 is 0 Å². The van der Waals surface area contributed by atoms with Crippen LogP contribution in [0.3, 0.4) is 0 Å². The Labute approximate surface area is 166 Å². The van der Waals surface area contributed by atoms with E-state index in [2.05, 4.69) is 15.9 Å². The van der Waals surface area contributed by atoms with Crippen molar-refractivity contribution >= 4 is 32.8 Å². The maximum atomic E-state index is 13.1. The minimum atomic E-state index is -0.0831. The zero-order chi connectivity index (χ0) is 19.1. The summed E-state index contributed by atoms with van der Waals surface area (Å²) < 4.78 is 17.6. The van der Waals surface area contributed by atoms with Gasteiger partial charge in [-0.3, -0.25) is 4.79 Å². The van der Waals surface area contributed by atoms with Crippen molar-refractivity contribution in [3.8, 4) is 11.5 Å². The van der Waals surface area contributed by atoms with Gasteiger partial charge in [0, 0.05) is 28.5 Å². The van der Waals surface area contributed by atoms with Crippen LogP contribution < -0.4 is 9.47 Å². The number of furan rings is 1. The number of carbonyl (C=O) groups excluding carboxylic acids is 1. The molecule has 2 heterocycles. The van der Waals surface area contributed by atoms with Gasteiger partial charge in [0.15, 0.2) is 17.3 Å². The molecule has 0 saturated carbocycles. The molecule has 0 N–H and O–H groups in total.